The number of aromatic nitrogens is 1. The van der Waals surface area contributed by atoms with Crippen molar-refractivity contribution in [2.24, 2.45) is 5.41 Å². The van der Waals surface area contributed by atoms with E-state index in [0.29, 0.717) is 56.4 Å². The first-order chi connectivity index (χ1) is 15.5. The normalized spacial score (nSPS) is 21.4. The number of halogens is 1. The van der Waals surface area contributed by atoms with Crippen LogP contribution in [0.15, 0.2) is 29.8 Å². The smallest absolute Gasteiger partial charge is 0.265 e. The molecule has 1 atom stereocenters. The largest absolute Gasteiger partial charge is 0.493 e. The predicted octanol–water partition coefficient (Wildman–Crippen LogP) is 3.14. The third-order valence-electron chi connectivity index (χ3n) is 6.14. The molecule has 2 aliphatic heterocycles. The third kappa shape index (κ3) is 5.27. The molecule has 0 bridgehead atoms. The van der Waals surface area contributed by atoms with Crippen molar-refractivity contribution in [2.75, 3.05) is 46.0 Å². The summed E-state index contributed by atoms with van der Waals surface area (Å²) in [7, 11) is 0. The van der Waals surface area contributed by atoms with Gasteiger partial charge in [-0.05, 0) is 44.0 Å². The van der Waals surface area contributed by atoms with Crippen LogP contribution in [0, 0.1) is 18.2 Å². The van der Waals surface area contributed by atoms with E-state index in [-0.39, 0.29) is 24.2 Å². The van der Waals surface area contributed by atoms with Gasteiger partial charge in [-0.2, -0.15) is 0 Å². The Bertz CT molecular complexity index is 945. The molecule has 2 saturated heterocycles. The summed E-state index contributed by atoms with van der Waals surface area (Å²) in [5.41, 5.74) is 1.89. The summed E-state index contributed by atoms with van der Waals surface area (Å²) in [6.07, 6.45) is 1.85. The second-order valence-electron chi connectivity index (χ2n) is 8.51. The topological polar surface area (TPSA) is 72.0 Å². The summed E-state index contributed by atoms with van der Waals surface area (Å²) < 4.78 is 24.7. The average Bonchev–Trinajstić information content (AvgIpc) is 3.25. The number of thiazole rings is 1. The fourth-order valence-electron chi connectivity index (χ4n) is 4.36. The number of likely N-dealkylation sites (tertiary alicyclic amines) is 1. The molecule has 2 amide bonds. The molecule has 2 aromatic rings. The van der Waals surface area contributed by atoms with E-state index < -0.39 is 5.41 Å². The monoisotopic (exact) mass is 461 g/mol. The Morgan fingerprint density at radius 1 is 1.19 bits per heavy atom. The number of benzene rings is 1. The Morgan fingerprint density at radius 3 is 2.62 bits per heavy atom. The van der Waals surface area contributed by atoms with E-state index in [4.69, 9.17) is 9.47 Å². The molecule has 0 spiro atoms. The van der Waals surface area contributed by atoms with Crippen LogP contribution in [0.25, 0.3) is 0 Å². The van der Waals surface area contributed by atoms with Crippen LogP contribution in [-0.4, -0.2) is 72.6 Å². The molecule has 0 unspecified atom stereocenters. The first-order valence-electron chi connectivity index (χ1n) is 10.9. The number of rotatable bonds is 6. The quantitative estimate of drug-likeness (QED) is 0.661. The van der Waals surface area contributed by atoms with Gasteiger partial charge < -0.3 is 19.3 Å². The van der Waals surface area contributed by atoms with Gasteiger partial charge in [0.2, 0.25) is 5.91 Å². The molecule has 2 aliphatic rings. The minimum atomic E-state index is -0.518. The molecule has 1 aromatic heterocycles. The van der Waals surface area contributed by atoms with Gasteiger partial charge >= 0.3 is 0 Å². The van der Waals surface area contributed by atoms with Crippen LogP contribution in [0.3, 0.4) is 0 Å². The zero-order valence-corrected chi connectivity index (χ0v) is 19.0. The first-order valence-corrected chi connectivity index (χ1v) is 11.8. The van der Waals surface area contributed by atoms with Crippen LogP contribution < -0.4 is 4.74 Å². The van der Waals surface area contributed by atoms with Gasteiger partial charge in [-0.25, -0.2) is 9.37 Å². The van der Waals surface area contributed by atoms with Crippen molar-refractivity contribution >= 4 is 23.2 Å². The summed E-state index contributed by atoms with van der Waals surface area (Å²) in [5.74, 6) is 0.226. The van der Waals surface area contributed by atoms with Crippen LogP contribution in [0.1, 0.15) is 34.6 Å². The summed E-state index contributed by atoms with van der Waals surface area (Å²) in [5, 5.41) is 0. The number of amides is 2. The Morgan fingerprint density at radius 2 is 1.94 bits per heavy atom. The number of hydrogen-bond acceptors (Lipinski definition) is 6. The fraction of sp³-hybridized carbons (Fsp3) is 0.522. The highest BCUT2D eigenvalue weighted by Gasteiger charge is 2.41. The van der Waals surface area contributed by atoms with Gasteiger partial charge in [-0.1, -0.05) is 0 Å². The maximum Gasteiger partial charge on any atom is 0.265 e. The lowest BCUT2D eigenvalue weighted by molar-refractivity contribution is -0.139. The second kappa shape index (κ2) is 9.95. The SMILES string of the molecule is Cc1ncsc1C(=O)N1CCC[C@](COc2ccc(F)cc2)(CC(=O)N2CCOCC2)C1. The standard InChI is InChI=1S/C23H28FN3O4S/c1-17-21(32-16-25-17)22(29)27-8-2-7-23(14-27,13-20(28)26-9-11-30-12-10-26)15-31-19-5-3-18(24)4-6-19/h3-6,16H,2,7-15H2,1H3/t23-/m0/s1. The van der Waals surface area contributed by atoms with Gasteiger partial charge in [-0.3, -0.25) is 9.59 Å². The highest BCUT2D eigenvalue weighted by molar-refractivity contribution is 7.11. The lowest BCUT2D eigenvalue weighted by atomic mass is 9.77. The Hall–Kier alpha value is -2.52. The van der Waals surface area contributed by atoms with Crippen LogP contribution in [0.2, 0.25) is 0 Å². The first kappa shape index (κ1) is 22.7. The number of piperidine rings is 1. The minimum Gasteiger partial charge on any atom is -0.493 e. The predicted molar refractivity (Wildman–Crippen MR) is 118 cm³/mol. The molecule has 4 rings (SSSR count). The molecule has 0 aliphatic carbocycles. The van der Waals surface area contributed by atoms with Gasteiger partial charge in [-0.15, -0.1) is 11.3 Å². The Balaban J connectivity index is 1.52. The molecule has 0 saturated carbocycles. The highest BCUT2D eigenvalue weighted by Crippen LogP contribution is 2.36. The average molecular weight is 462 g/mol. The lowest BCUT2D eigenvalue weighted by Crippen LogP contribution is -2.52. The van der Waals surface area contributed by atoms with Crippen LogP contribution in [0.4, 0.5) is 4.39 Å². The van der Waals surface area contributed by atoms with Crippen LogP contribution in [0.5, 0.6) is 5.75 Å². The number of ether oxygens (including phenoxy) is 2. The molecule has 32 heavy (non-hydrogen) atoms. The van der Waals surface area contributed by atoms with Gasteiger partial charge in [0.15, 0.2) is 0 Å². The maximum absolute atomic E-state index is 13.3. The van der Waals surface area contributed by atoms with Gasteiger partial charge in [0.25, 0.3) is 5.91 Å². The van der Waals surface area contributed by atoms with Crippen molar-refractivity contribution in [1.29, 1.82) is 0 Å². The molecule has 2 fully saturated rings. The van der Waals surface area contributed by atoms with E-state index in [1.54, 1.807) is 17.6 Å². The summed E-state index contributed by atoms with van der Waals surface area (Å²) in [6.45, 7) is 5.43. The lowest BCUT2D eigenvalue weighted by Gasteiger charge is -2.43. The fourth-order valence-corrected chi connectivity index (χ4v) is 5.13. The number of aryl methyl sites for hydroxylation is 1. The molecular formula is C23H28FN3O4S. The third-order valence-corrected chi connectivity index (χ3v) is 7.05. The molecule has 1 aromatic carbocycles. The second-order valence-corrected chi connectivity index (χ2v) is 9.36. The molecule has 0 N–H and O–H groups in total. The van der Waals surface area contributed by atoms with Gasteiger partial charge in [0, 0.05) is 38.0 Å². The van der Waals surface area contributed by atoms with E-state index >= 15 is 0 Å². The molecule has 9 heteroatoms. The van der Waals surface area contributed by atoms with E-state index in [2.05, 4.69) is 4.98 Å². The zero-order valence-electron chi connectivity index (χ0n) is 18.2. The maximum atomic E-state index is 13.3. The van der Waals surface area contributed by atoms with Crippen molar-refractivity contribution in [3.8, 4) is 5.75 Å². The minimum absolute atomic E-state index is 0.0466. The van der Waals surface area contributed by atoms with E-state index in [1.807, 2.05) is 16.7 Å². The van der Waals surface area contributed by atoms with E-state index in [1.165, 1.54) is 23.5 Å². The molecule has 7 nitrogen and oxygen atoms in total. The summed E-state index contributed by atoms with van der Waals surface area (Å²) >= 11 is 1.34. The molecule has 0 radical (unpaired) electrons. The highest BCUT2D eigenvalue weighted by atomic mass is 32.1. The molecular weight excluding hydrogens is 433 g/mol. The van der Waals surface area contributed by atoms with Crippen molar-refractivity contribution < 1.29 is 23.5 Å². The van der Waals surface area contributed by atoms with Crippen molar-refractivity contribution in [2.45, 2.75) is 26.2 Å². The van der Waals surface area contributed by atoms with Crippen molar-refractivity contribution in [3.63, 3.8) is 0 Å². The summed E-state index contributed by atoms with van der Waals surface area (Å²) in [4.78, 5) is 34.8. The molecule has 172 valence electrons. The van der Waals surface area contributed by atoms with Crippen LogP contribution in [-0.2, 0) is 9.53 Å². The van der Waals surface area contributed by atoms with E-state index in [9.17, 15) is 14.0 Å². The zero-order chi connectivity index (χ0) is 22.6. The van der Waals surface area contributed by atoms with Crippen molar-refractivity contribution in [1.82, 2.24) is 14.8 Å². The number of morpholine rings is 1. The number of carbonyl (C=O) groups is 2. The Kier molecular flexibility index (Phi) is 7.05. The van der Waals surface area contributed by atoms with Gasteiger partial charge in [0.1, 0.15) is 16.4 Å². The summed E-state index contributed by atoms with van der Waals surface area (Å²) in [6, 6.07) is 5.87. The van der Waals surface area contributed by atoms with Crippen LogP contribution >= 0.6 is 11.3 Å². The van der Waals surface area contributed by atoms with Crippen molar-refractivity contribution in [3.05, 3.63) is 46.2 Å². The number of nitrogens with zero attached hydrogens (tertiary/aromatic N) is 3. The Labute approximate surface area is 191 Å². The van der Waals surface area contributed by atoms with Gasteiger partial charge in [0.05, 0.1) is 31.0 Å². The number of carbonyl (C=O) groups excluding carboxylic acids is 2. The molecule has 3 heterocycles. The number of hydrogen-bond donors (Lipinski definition) is 0. The van der Waals surface area contributed by atoms with E-state index in [0.717, 1.165) is 18.5 Å².